The molecule has 0 spiro atoms. The van der Waals surface area contributed by atoms with E-state index in [4.69, 9.17) is 14.2 Å². The fraction of sp³-hybridized carbons (Fsp3) is 0.167. The van der Waals surface area contributed by atoms with Crippen LogP contribution in [-0.2, 0) is 25.0 Å². The van der Waals surface area contributed by atoms with Gasteiger partial charge in [-0.25, -0.2) is 13.9 Å². The Kier molecular flexibility index (Phi) is 4.54. The van der Waals surface area contributed by atoms with Crippen LogP contribution in [0.2, 0.25) is 0 Å². The lowest BCUT2D eigenvalue weighted by atomic mass is 10.1. The minimum Gasteiger partial charge on any atom is -0.438 e. The van der Waals surface area contributed by atoms with E-state index < -0.39 is 26.2 Å². The van der Waals surface area contributed by atoms with Crippen molar-refractivity contribution in [3.63, 3.8) is 0 Å². The van der Waals surface area contributed by atoms with Crippen LogP contribution in [0.4, 0.5) is 0 Å². The van der Waals surface area contributed by atoms with Crippen LogP contribution in [0.3, 0.4) is 0 Å². The standard InChI is InChI=1S/C12H11O8P/c13-11(18-7-19-21(15,16)17)5-8-6-12(14)20-10-4-2-1-3-9(8)10/h1-4,6H,5,7H2,(H2,15,16,17). The number of benzene rings is 1. The molecule has 0 atom stereocenters. The van der Waals surface area contributed by atoms with E-state index in [1.165, 1.54) is 0 Å². The van der Waals surface area contributed by atoms with Gasteiger partial charge in [-0.1, -0.05) is 18.2 Å². The second kappa shape index (κ2) is 6.19. The van der Waals surface area contributed by atoms with Crippen molar-refractivity contribution >= 4 is 24.8 Å². The van der Waals surface area contributed by atoms with E-state index in [0.29, 0.717) is 16.5 Å². The van der Waals surface area contributed by atoms with Crippen LogP contribution < -0.4 is 5.63 Å². The molecule has 0 fully saturated rings. The molecule has 0 aliphatic carbocycles. The van der Waals surface area contributed by atoms with E-state index in [-0.39, 0.29) is 6.42 Å². The summed E-state index contributed by atoms with van der Waals surface area (Å²) in [7, 11) is -4.69. The van der Waals surface area contributed by atoms with E-state index in [1.54, 1.807) is 24.3 Å². The summed E-state index contributed by atoms with van der Waals surface area (Å²) in [5.74, 6) is -0.792. The predicted octanol–water partition coefficient (Wildman–Crippen LogP) is 0.945. The van der Waals surface area contributed by atoms with Gasteiger partial charge in [0.25, 0.3) is 0 Å². The monoisotopic (exact) mass is 314 g/mol. The minimum absolute atomic E-state index is 0.253. The zero-order valence-corrected chi connectivity index (χ0v) is 11.5. The Morgan fingerprint density at radius 2 is 2.00 bits per heavy atom. The van der Waals surface area contributed by atoms with E-state index >= 15 is 0 Å². The first-order valence-electron chi connectivity index (χ1n) is 5.72. The molecule has 112 valence electrons. The highest BCUT2D eigenvalue weighted by Crippen LogP contribution is 2.35. The van der Waals surface area contributed by atoms with Crippen molar-refractivity contribution in [1.29, 1.82) is 0 Å². The van der Waals surface area contributed by atoms with Gasteiger partial charge in [0, 0.05) is 11.5 Å². The molecule has 1 aromatic heterocycles. The highest BCUT2D eigenvalue weighted by Gasteiger charge is 2.16. The number of rotatable bonds is 5. The van der Waals surface area contributed by atoms with Crippen LogP contribution in [0.5, 0.6) is 0 Å². The molecule has 2 N–H and O–H groups in total. The number of hydrogen-bond donors (Lipinski definition) is 2. The third kappa shape index (κ3) is 4.51. The molecule has 21 heavy (non-hydrogen) atoms. The van der Waals surface area contributed by atoms with Crippen molar-refractivity contribution in [2.75, 3.05) is 6.79 Å². The lowest BCUT2D eigenvalue weighted by Gasteiger charge is -2.07. The highest BCUT2D eigenvalue weighted by atomic mass is 31.2. The van der Waals surface area contributed by atoms with Gasteiger partial charge in [-0.2, -0.15) is 0 Å². The third-order valence-electron chi connectivity index (χ3n) is 2.51. The molecule has 1 heterocycles. The summed E-state index contributed by atoms with van der Waals surface area (Å²) in [6, 6.07) is 7.82. The molecule has 2 aromatic rings. The van der Waals surface area contributed by atoms with Gasteiger partial charge in [0.05, 0.1) is 6.42 Å². The molecular weight excluding hydrogens is 303 g/mol. The maximum Gasteiger partial charge on any atom is 0.472 e. The van der Waals surface area contributed by atoms with Gasteiger partial charge in [0.15, 0.2) is 0 Å². The van der Waals surface area contributed by atoms with E-state index in [0.717, 1.165) is 6.07 Å². The SMILES string of the molecule is O=C(Cc1cc(=O)oc2ccccc12)OCOP(=O)(O)O. The summed E-state index contributed by atoms with van der Waals surface area (Å²) in [5.41, 5.74) is 0.116. The number of fused-ring (bicyclic) bond motifs is 1. The van der Waals surface area contributed by atoms with Gasteiger partial charge < -0.3 is 18.9 Å². The minimum atomic E-state index is -4.69. The maximum atomic E-state index is 11.6. The van der Waals surface area contributed by atoms with Crippen molar-refractivity contribution in [3.8, 4) is 0 Å². The Hall–Kier alpha value is -1.99. The summed E-state index contributed by atoms with van der Waals surface area (Å²) in [6.45, 7) is -0.873. The number of phosphoric acid groups is 1. The molecule has 0 aliphatic heterocycles. The topological polar surface area (TPSA) is 123 Å². The Balaban J connectivity index is 2.11. The van der Waals surface area contributed by atoms with Crippen molar-refractivity contribution < 1.29 is 32.8 Å². The van der Waals surface area contributed by atoms with Gasteiger partial charge in [-0.15, -0.1) is 0 Å². The summed E-state index contributed by atoms with van der Waals surface area (Å²) in [4.78, 5) is 39.8. The second-order valence-electron chi connectivity index (χ2n) is 4.02. The van der Waals surface area contributed by atoms with Gasteiger partial charge in [0.2, 0.25) is 6.79 Å². The largest absolute Gasteiger partial charge is 0.472 e. The Labute approximate surface area is 118 Å². The fourth-order valence-electron chi connectivity index (χ4n) is 1.69. The average Bonchev–Trinajstić information content (AvgIpc) is 2.36. The zero-order valence-electron chi connectivity index (χ0n) is 10.6. The van der Waals surface area contributed by atoms with Crippen LogP contribution in [0.1, 0.15) is 5.56 Å². The maximum absolute atomic E-state index is 11.6. The number of carbonyl (C=O) groups is 1. The van der Waals surface area contributed by atoms with Crippen molar-refractivity contribution in [2.45, 2.75) is 6.42 Å². The quantitative estimate of drug-likeness (QED) is 0.362. The van der Waals surface area contributed by atoms with Gasteiger partial charge in [-0.3, -0.25) is 4.79 Å². The highest BCUT2D eigenvalue weighted by molar-refractivity contribution is 7.46. The molecular formula is C12H11O8P. The first-order valence-corrected chi connectivity index (χ1v) is 7.26. The number of hydrogen-bond acceptors (Lipinski definition) is 6. The molecule has 9 heteroatoms. The predicted molar refractivity (Wildman–Crippen MR) is 70.3 cm³/mol. The summed E-state index contributed by atoms with van der Waals surface area (Å²) >= 11 is 0. The van der Waals surface area contributed by atoms with E-state index in [9.17, 15) is 14.2 Å². The first kappa shape index (κ1) is 15.4. The molecule has 0 amide bonds. The molecule has 0 unspecified atom stereocenters. The van der Waals surface area contributed by atoms with Crippen LogP contribution in [0, 0.1) is 0 Å². The molecule has 0 bridgehead atoms. The summed E-state index contributed by atoms with van der Waals surface area (Å²) in [5, 5.41) is 0.574. The smallest absolute Gasteiger partial charge is 0.438 e. The van der Waals surface area contributed by atoms with E-state index in [2.05, 4.69) is 9.26 Å². The molecule has 0 saturated heterocycles. The molecule has 0 saturated carbocycles. The molecule has 8 nitrogen and oxygen atoms in total. The molecule has 0 aliphatic rings. The van der Waals surface area contributed by atoms with Gasteiger partial charge in [-0.05, 0) is 11.6 Å². The molecule has 0 radical (unpaired) electrons. The summed E-state index contributed by atoms with van der Waals surface area (Å²) < 4.78 is 23.9. The van der Waals surface area contributed by atoms with Crippen LogP contribution in [0.25, 0.3) is 11.0 Å². The Morgan fingerprint density at radius 1 is 1.29 bits per heavy atom. The summed E-state index contributed by atoms with van der Waals surface area (Å²) in [6.07, 6.45) is -0.253. The normalized spacial score (nSPS) is 11.5. The molecule has 2 rings (SSSR count). The van der Waals surface area contributed by atoms with Gasteiger partial charge >= 0.3 is 19.4 Å². The zero-order chi connectivity index (χ0) is 15.5. The van der Waals surface area contributed by atoms with Crippen LogP contribution in [0.15, 0.2) is 39.5 Å². The van der Waals surface area contributed by atoms with Crippen LogP contribution >= 0.6 is 7.82 Å². The second-order valence-corrected chi connectivity index (χ2v) is 5.26. The average molecular weight is 314 g/mol. The van der Waals surface area contributed by atoms with Crippen molar-refractivity contribution in [2.24, 2.45) is 0 Å². The first-order chi connectivity index (χ1) is 9.85. The van der Waals surface area contributed by atoms with Crippen molar-refractivity contribution in [3.05, 3.63) is 46.3 Å². The lowest BCUT2D eigenvalue weighted by molar-refractivity contribution is -0.149. The van der Waals surface area contributed by atoms with Crippen LogP contribution in [-0.4, -0.2) is 22.5 Å². The Morgan fingerprint density at radius 3 is 2.71 bits per heavy atom. The lowest BCUT2D eigenvalue weighted by Crippen LogP contribution is -2.12. The number of para-hydroxylation sites is 1. The Bertz CT molecular complexity index is 759. The number of esters is 1. The number of carbonyl (C=O) groups excluding carboxylic acids is 1. The van der Waals surface area contributed by atoms with E-state index in [1.807, 2.05) is 0 Å². The third-order valence-corrected chi connectivity index (χ3v) is 2.95. The van der Waals surface area contributed by atoms with Gasteiger partial charge in [0.1, 0.15) is 5.58 Å². The fourth-order valence-corrected chi connectivity index (χ4v) is 1.88. The number of ether oxygens (including phenoxy) is 1. The van der Waals surface area contributed by atoms with Crippen molar-refractivity contribution in [1.82, 2.24) is 0 Å². The molecule has 1 aromatic carbocycles. The number of phosphoric ester groups is 1.